The zero-order valence-corrected chi connectivity index (χ0v) is 9.74. The number of hydrogen-bond acceptors (Lipinski definition) is 3. The van der Waals surface area contributed by atoms with Gasteiger partial charge in [0.1, 0.15) is 11.8 Å². The molecule has 84 valence electrons. The van der Waals surface area contributed by atoms with Crippen LogP contribution in [0.1, 0.15) is 42.0 Å². The van der Waals surface area contributed by atoms with Gasteiger partial charge in [0.2, 0.25) is 0 Å². The van der Waals surface area contributed by atoms with Crippen molar-refractivity contribution in [3.8, 4) is 6.07 Å². The summed E-state index contributed by atoms with van der Waals surface area (Å²) in [4.78, 5) is 15.8. The van der Waals surface area contributed by atoms with E-state index in [2.05, 4.69) is 10.3 Å². The molecule has 0 radical (unpaired) electrons. The SMILES string of the molecule is CC[C@@H](C)NC(=O)c1ccc(C#N)c(C)n1. The predicted molar refractivity (Wildman–Crippen MR) is 60.9 cm³/mol. The minimum absolute atomic E-state index is 0.130. The van der Waals surface area contributed by atoms with Crippen LogP contribution in [0.5, 0.6) is 0 Å². The van der Waals surface area contributed by atoms with Gasteiger partial charge in [0.15, 0.2) is 0 Å². The molecule has 0 aliphatic carbocycles. The van der Waals surface area contributed by atoms with E-state index in [4.69, 9.17) is 5.26 Å². The number of carbonyl (C=O) groups is 1. The molecule has 0 spiro atoms. The standard InChI is InChI=1S/C12H15N3O/c1-4-8(2)14-12(16)11-6-5-10(7-13)9(3)15-11/h5-6,8H,4H2,1-3H3,(H,14,16)/t8-/m1/s1. The molecule has 1 aromatic heterocycles. The zero-order chi connectivity index (χ0) is 12.1. The van der Waals surface area contributed by atoms with Crippen LogP contribution in [0.4, 0.5) is 0 Å². The van der Waals surface area contributed by atoms with Gasteiger partial charge < -0.3 is 5.32 Å². The van der Waals surface area contributed by atoms with Crippen molar-refractivity contribution in [1.29, 1.82) is 5.26 Å². The summed E-state index contributed by atoms with van der Waals surface area (Å²) in [6, 6.07) is 5.34. The Labute approximate surface area is 95.3 Å². The van der Waals surface area contributed by atoms with Crippen molar-refractivity contribution in [2.75, 3.05) is 0 Å². The summed E-state index contributed by atoms with van der Waals surface area (Å²) in [7, 11) is 0. The monoisotopic (exact) mass is 217 g/mol. The molecule has 0 fully saturated rings. The van der Waals surface area contributed by atoms with Crippen LogP contribution < -0.4 is 5.32 Å². The normalized spacial score (nSPS) is 11.6. The van der Waals surface area contributed by atoms with Gasteiger partial charge in [-0.3, -0.25) is 4.79 Å². The molecular weight excluding hydrogens is 202 g/mol. The minimum Gasteiger partial charge on any atom is -0.348 e. The molecule has 1 aromatic rings. The number of nitrogens with one attached hydrogen (secondary N) is 1. The Balaban J connectivity index is 2.86. The maximum absolute atomic E-state index is 11.7. The third-order valence-corrected chi connectivity index (χ3v) is 2.43. The molecule has 1 rings (SSSR count). The van der Waals surface area contributed by atoms with E-state index in [0.29, 0.717) is 17.0 Å². The fourth-order valence-electron chi connectivity index (χ4n) is 1.21. The Morgan fingerprint density at radius 1 is 1.62 bits per heavy atom. The Kier molecular flexibility index (Phi) is 4.01. The Hall–Kier alpha value is -1.89. The lowest BCUT2D eigenvalue weighted by Gasteiger charge is -2.11. The van der Waals surface area contributed by atoms with E-state index in [-0.39, 0.29) is 11.9 Å². The van der Waals surface area contributed by atoms with Crippen molar-refractivity contribution in [2.45, 2.75) is 33.2 Å². The quantitative estimate of drug-likeness (QED) is 0.839. The summed E-state index contributed by atoms with van der Waals surface area (Å²) in [5.74, 6) is -0.193. The van der Waals surface area contributed by atoms with Gasteiger partial charge in [-0.15, -0.1) is 0 Å². The number of carbonyl (C=O) groups excluding carboxylic acids is 1. The fraction of sp³-hybridized carbons (Fsp3) is 0.417. The van der Waals surface area contributed by atoms with Gasteiger partial charge in [-0.2, -0.15) is 5.26 Å². The van der Waals surface area contributed by atoms with Crippen molar-refractivity contribution >= 4 is 5.91 Å². The minimum atomic E-state index is -0.193. The van der Waals surface area contributed by atoms with Gasteiger partial charge >= 0.3 is 0 Å². The topological polar surface area (TPSA) is 65.8 Å². The molecule has 4 heteroatoms. The lowest BCUT2D eigenvalue weighted by molar-refractivity contribution is 0.0934. The summed E-state index contributed by atoms with van der Waals surface area (Å²) in [5.41, 5.74) is 1.44. The molecule has 1 atom stereocenters. The Bertz CT molecular complexity index is 434. The van der Waals surface area contributed by atoms with E-state index in [1.54, 1.807) is 19.1 Å². The molecule has 0 saturated carbocycles. The van der Waals surface area contributed by atoms with Crippen LogP contribution in [0.3, 0.4) is 0 Å². The first-order valence-corrected chi connectivity index (χ1v) is 5.27. The average molecular weight is 217 g/mol. The fourth-order valence-corrected chi connectivity index (χ4v) is 1.21. The Morgan fingerprint density at radius 3 is 2.81 bits per heavy atom. The maximum Gasteiger partial charge on any atom is 0.270 e. The molecule has 16 heavy (non-hydrogen) atoms. The summed E-state index contributed by atoms with van der Waals surface area (Å²) in [6.07, 6.45) is 0.876. The van der Waals surface area contributed by atoms with E-state index < -0.39 is 0 Å². The molecule has 0 unspecified atom stereocenters. The molecule has 1 amide bonds. The van der Waals surface area contributed by atoms with Gasteiger partial charge in [-0.1, -0.05) is 6.92 Å². The van der Waals surface area contributed by atoms with Crippen molar-refractivity contribution in [3.05, 3.63) is 29.1 Å². The van der Waals surface area contributed by atoms with E-state index in [0.717, 1.165) is 6.42 Å². The maximum atomic E-state index is 11.7. The van der Waals surface area contributed by atoms with Crippen molar-refractivity contribution in [3.63, 3.8) is 0 Å². The van der Waals surface area contributed by atoms with E-state index in [1.165, 1.54) is 0 Å². The molecule has 0 saturated heterocycles. The first-order valence-electron chi connectivity index (χ1n) is 5.27. The van der Waals surface area contributed by atoms with E-state index in [9.17, 15) is 4.79 Å². The highest BCUT2D eigenvalue weighted by Gasteiger charge is 2.11. The van der Waals surface area contributed by atoms with Gasteiger partial charge in [0.05, 0.1) is 11.3 Å². The lowest BCUT2D eigenvalue weighted by atomic mass is 10.2. The number of rotatable bonds is 3. The van der Waals surface area contributed by atoms with Gasteiger partial charge in [0.25, 0.3) is 5.91 Å². The van der Waals surface area contributed by atoms with Crippen LogP contribution in [-0.2, 0) is 0 Å². The number of nitrogens with zero attached hydrogens (tertiary/aromatic N) is 2. The average Bonchev–Trinajstić information content (AvgIpc) is 2.28. The third kappa shape index (κ3) is 2.80. The molecule has 4 nitrogen and oxygen atoms in total. The number of amides is 1. The molecule has 1 heterocycles. The second kappa shape index (κ2) is 5.26. The zero-order valence-electron chi connectivity index (χ0n) is 9.74. The lowest BCUT2D eigenvalue weighted by Crippen LogP contribution is -2.32. The van der Waals surface area contributed by atoms with Crippen LogP contribution in [-0.4, -0.2) is 16.9 Å². The second-order valence-electron chi connectivity index (χ2n) is 3.72. The molecular formula is C12H15N3O. The second-order valence-corrected chi connectivity index (χ2v) is 3.72. The summed E-state index contributed by atoms with van der Waals surface area (Å²) < 4.78 is 0. The number of pyridine rings is 1. The first kappa shape index (κ1) is 12.2. The largest absolute Gasteiger partial charge is 0.348 e. The number of aryl methyl sites for hydroxylation is 1. The van der Waals surface area contributed by atoms with Crippen LogP contribution in [0, 0.1) is 18.3 Å². The highest BCUT2D eigenvalue weighted by molar-refractivity contribution is 5.92. The number of hydrogen-bond donors (Lipinski definition) is 1. The van der Waals surface area contributed by atoms with Gasteiger partial charge in [-0.25, -0.2) is 4.98 Å². The summed E-state index contributed by atoms with van der Waals surface area (Å²) in [6.45, 7) is 5.66. The van der Waals surface area contributed by atoms with Crippen LogP contribution >= 0.6 is 0 Å². The highest BCUT2D eigenvalue weighted by atomic mass is 16.1. The van der Waals surface area contributed by atoms with Crippen LogP contribution in [0.15, 0.2) is 12.1 Å². The third-order valence-electron chi connectivity index (χ3n) is 2.43. The molecule has 0 aliphatic rings. The molecule has 0 aromatic carbocycles. The van der Waals surface area contributed by atoms with E-state index in [1.807, 2.05) is 19.9 Å². The van der Waals surface area contributed by atoms with Gasteiger partial charge in [-0.05, 0) is 32.4 Å². The van der Waals surface area contributed by atoms with Crippen molar-refractivity contribution in [1.82, 2.24) is 10.3 Å². The summed E-state index contributed by atoms with van der Waals surface area (Å²) in [5, 5.41) is 11.6. The molecule has 0 aliphatic heterocycles. The number of aromatic nitrogens is 1. The van der Waals surface area contributed by atoms with Crippen molar-refractivity contribution in [2.24, 2.45) is 0 Å². The first-order chi connectivity index (χ1) is 7.58. The smallest absolute Gasteiger partial charge is 0.270 e. The van der Waals surface area contributed by atoms with Crippen molar-refractivity contribution < 1.29 is 4.79 Å². The van der Waals surface area contributed by atoms with Crippen LogP contribution in [0.25, 0.3) is 0 Å². The molecule has 0 bridgehead atoms. The van der Waals surface area contributed by atoms with Crippen LogP contribution in [0.2, 0.25) is 0 Å². The number of nitriles is 1. The molecule has 1 N–H and O–H groups in total. The highest BCUT2D eigenvalue weighted by Crippen LogP contribution is 2.05. The predicted octanol–water partition coefficient (Wildman–Crippen LogP) is 1.79. The summed E-state index contributed by atoms with van der Waals surface area (Å²) >= 11 is 0. The van der Waals surface area contributed by atoms with Gasteiger partial charge in [0, 0.05) is 6.04 Å². The van der Waals surface area contributed by atoms with E-state index >= 15 is 0 Å². The Morgan fingerprint density at radius 2 is 2.31 bits per heavy atom.